The molecule has 5 aliphatic rings. The minimum absolute atomic E-state index is 0.0750. The summed E-state index contributed by atoms with van der Waals surface area (Å²) in [5.41, 5.74) is 3.37. The molecule has 5 atom stereocenters. The number of hydrogen-bond donors (Lipinski definition) is 2. The molecule has 2 aliphatic carbocycles. The SMILES string of the molecule is CN1CC[C@]23c4c5ccc(O)c4O[C@H]2[C@H](N2CCOCc4ccccc42)CC[C@@]3(O)[C@H]1C5. The standard InChI is InChI=1S/C26H30N2O4/c1-27-11-10-25-22-16-6-7-20(29)23(22)32-24(25)19(8-9-26(25,30)21(27)14-16)28-12-13-31-15-17-4-2-3-5-18(17)28/h2-7,19,21,24,29-30H,8-15H2,1H3/t19-,21-,24+,25+,26-/m1/s1. The van der Waals surface area contributed by atoms with Crippen LogP contribution in [0.25, 0.3) is 0 Å². The number of fused-ring (bicyclic) bond motifs is 1. The summed E-state index contributed by atoms with van der Waals surface area (Å²) in [5.74, 6) is 0.811. The van der Waals surface area contributed by atoms with E-state index in [0.717, 1.165) is 44.3 Å². The highest BCUT2D eigenvalue weighted by Crippen LogP contribution is 2.65. The third-order valence-corrected chi connectivity index (χ3v) is 9.13. The van der Waals surface area contributed by atoms with E-state index in [0.29, 0.717) is 19.0 Å². The van der Waals surface area contributed by atoms with Crippen molar-refractivity contribution >= 4 is 5.69 Å². The van der Waals surface area contributed by atoms with Crippen LogP contribution in [0.4, 0.5) is 5.69 Å². The van der Waals surface area contributed by atoms with Crippen LogP contribution in [0.1, 0.15) is 36.0 Å². The monoisotopic (exact) mass is 434 g/mol. The number of para-hydroxylation sites is 1. The lowest BCUT2D eigenvalue weighted by molar-refractivity contribution is -0.184. The van der Waals surface area contributed by atoms with Crippen LogP contribution in [-0.2, 0) is 23.2 Å². The molecule has 2 aromatic rings. The molecule has 6 heteroatoms. The fourth-order valence-electron chi connectivity index (χ4n) is 7.77. The second-order valence-electron chi connectivity index (χ2n) is 10.3. The van der Waals surface area contributed by atoms with E-state index in [2.05, 4.69) is 41.1 Å². The van der Waals surface area contributed by atoms with E-state index < -0.39 is 11.0 Å². The van der Waals surface area contributed by atoms with E-state index in [1.807, 2.05) is 6.07 Å². The van der Waals surface area contributed by atoms with E-state index in [9.17, 15) is 10.2 Å². The molecule has 1 spiro atoms. The molecule has 3 aliphatic heterocycles. The average molecular weight is 435 g/mol. The van der Waals surface area contributed by atoms with Gasteiger partial charge in [0.2, 0.25) is 0 Å². The summed E-state index contributed by atoms with van der Waals surface area (Å²) in [4.78, 5) is 4.80. The molecule has 1 saturated heterocycles. The van der Waals surface area contributed by atoms with Gasteiger partial charge in [-0.25, -0.2) is 0 Å². The lowest BCUT2D eigenvalue weighted by atomic mass is 9.48. The number of likely N-dealkylation sites (N-methyl/N-ethyl adjacent to an activating group) is 1. The van der Waals surface area contributed by atoms with Crippen LogP contribution in [0.2, 0.25) is 0 Å². The molecule has 2 aromatic carbocycles. The highest BCUT2D eigenvalue weighted by atomic mass is 16.5. The fraction of sp³-hybridized carbons (Fsp3) is 0.538. The predicted octanol–water partition coefficient (Wildman–Crippen LogP) is 2.58. The van der Waals surface area contributed by atoms with E-state index in [-0.39, 0.29) is 23.9 Å². The van der Waals surface area contributed by atoms with Gasteiger partial charge in [0.15, 0.2) is 11.5 Å². The quantitative estimate of drug-likeness (QED) is 0.719. The Bertz CT molecular complexity index is 1110. The summed E-state index contributed by atoms with van der Waals surface area (Å²) in [6, 6.07) is 12.5. The Labute approximate surface area is 188 Å². The first-order valence-corrected chi connectivity index (χ1v) is 11.9. The summed E-state index contributed by atoms with van der Waals surface area (Å²) in [7, 11) is 2.14. The van der Waals surface area contributed by atoms with Gasteiger partial charge in [-0.1, -0.05) is 24.3 Å². The van der Waals surface area contributed by atoms with Gasteiger partial charge < -0.3 is 29.5 Å². The molecule has 3 heterocycles. The maximum atomic E-state index is 12.4. The summed E-state index contributed by atoms with van der Waals surface area (Å²) < 4.78 is 12.6. The molecule has 2 fully saturated rings. The Morgan fingerprint density at radius 1 is 1.06 bits per heavy atom. The number of aliphatic hydroxyl groups is 1. The van der Waals surface area contributed by atoms with Crippen LogP contribution < -0.4 is 9.64 Å². The maximum Gasteiger partial charge on any atom is 0.165 e. The normalized spacial score (nSPS) is 37.3. The van der Waals surface area contributed by atoms with Crippen LogP contribution >= 0.6 is 0 Å². The van der Waals surface area contributed by atoms with Crippen LogP contribution in [-0.4, -0.2) is 65.6 Å². The number of ether oxygens (including phenoxy) is 2. The molecule has 32 heavy (non-hydrogen) atoms. The number of aromatic hydroxyl groups is 1. The largest absolute Gasteiger partial charge is 0.504 e. The average Bonchev–Trinajstić information content (AvgIpc) is 3.01. The molecule has 168 valence electrons. The maximum absolute atomic E-state index is 12.4. The first kappa shape index (κ1) is 19.2. The third-order valence-electron chi connectivity index (χ3n) is 9.13. The number of nitrogens with zero attached hydrogens (tertiary/aromatic N) is 2. The van der Waals surface area contributed by atoms with E-state index in [1.54, 1.807) is 6.07 Å². The molecule has 7 rings (SSSR count). The third kappa shape index (κ3) is 2.16. The molecule has 1 saturated carbocycles. The topological polar surface area (TPSA) is 65.4 Å². The number of rotatable bonds is 1. The zero-order chi connectivity index (χ0) is 21.7. The van der Waals surface area contributed by atoms with Gasteiger partial charge >= 0.3 is 0 Å². The summed E-state index contributed by atoms with van der Waals surface area (Å²) in [6.45, 7) is 3.02. The van der Waals surface area contributed by atoms with E-state index >= 15 is 0 Å². The first-order valence-electron chi connectivity index (χ1n) is 11.9. The van der Waals surface area contributed by atoms with Gasteiger partial charge in [0.1, 0.15) is 6.10 Å². The summed E-state index contributed by atoms with van der Waals surface area (Å²) in [6.07, 6.45) is 3.03. The minimum Gasteiger partial charge on any atom is -0.504 e. The van der Waals surface area contributed by atoms with Gasteiger partial charge in [-0.2, -0.15) is 0 Å². The van der Waals surface area contributed by atoms with Crippen LogP contribution in [0.15, 0.2) is 36.4 Å². The van der Waals surface area contributed by atoms with Gasteiger partial charge in [-0.3, -0.25) is 0 Å². The number of phenols is 1. The Morgan fingerprint density at radius 2 is 1.94 bits per heavy atom. The van der Waals surface area contributed by atoms with Crippen molar-refractivity contribution in [2.24, 2.45) is 0 Å². The van der Waals surface area contributed by atoms with Crippen molar-refractivity contribution in [2.75, 3.05) is 31.6 Å². The Balaban J connectivity index is 1.42. The number of phenolic OH excluding ortho intramolecular Hbond substituents is 1. The lowest BCUT2D eigenvalue weighted by Crippen LogP contribution is -2.77. The second-order valence-corrected chi connectivity index (χ2v) is 10.3. The molecule has 0 amide bonds. The zero-order valence-corrected chi connectivity index (χ0v) is 18.5. The van der Waals surface area contributed by atoms with Crippen molar-refractivity contribution < 1.29 is 19.7 Å². The first-order chi connectivity index (χ1) is 15.5. The van der Waals surface area contributed by atoms with Crippen LogP contribution in [0, 0.1) is 0 Å². The van der Waals surface area contributed by atoms with Crippen molar-refractivity contribution in [1.29, 1.82) is 0 Å². The van der Waals surface area contributed by atoms with Crippen molar-refractivity contribution in [3.63, 3.8) is 0 Å². The molecular formula is C26H30N2O4. The molecule has 6 nitrogen and oxygen atoms in total. The summed E-state index contributed by atoms with van der Waals surface area (Å²) in [5, 5.41) is 23.2. The zero-order valence-electron chi connectivity index (χ0n) is 18.5. The Morgan fingerprint density at radius 3 is 2.84 bits per heavy atom. The molecule has 0 unspecified atom stereocenters. The molecule has 0 radical (unpaired) electrons. The molecule has 0 aromatic heterocycles. The summed E-state index contributed by atoms with van der Waals surface area (Å²) >= 11 is 0. The number of piperidine rings is 1. The van der Waals surface area contributed by atoms with E-state index in [4.69, 9.17) is 9.47 Å². The van der Waals surface area contributed by atoms with E-state index in [1.165, 1.54) is 16.8 Å². The van der Waals surface area contributed by atoms with Gasteiger partial charge in [0.05, 0.1) is 30.3 Å². The van der Waals surface area contributed by atoms with Crippen molar-refractivity contribution in [3.05, 3.63) is 53.1 Å². The highest BCUT2D eigenvalue weighted by molar-refractivity contribution is 5.64. The van der Waals surface area contributed by atoms with Gasteiger partial charge in [-0.15, -0.1) is 0 Å². The molecule has 2 N–H and O–H groups in total. The van der Waals surface area contributed by atoms with Crippen molar-refractivity contribution in [3.8, 4) is 11.5 Å². The van der Waals surface area contributed by atoms with Crippen LogP contribution in [0.5, 0.6) is 11.5 Å². The molecule has 2 bridgehead atoms. The number of anilines is 1. The lowest BCUT2D eigenvalue weighted by Gasteiger charge is -2.64. The van der Waals surface area contributed by atoms with Gasteiger partial charge in [-0.05, 0) is 57.0 Å². The predicted molar refractivity (Wildman–Crippen MR) is 120 cm³/mol. The van der Waals surface area contributed by atoms with Gasteiger partial charge in [0.25, 0.3) is 0 Å². The van der Waals surface area contributed by atoms with Crippen molar-refractivity contribution in [1.82, 2.24) is 4.90 Å². The number of likely N-dealkylation sites (tertiary alicyclic amines) is 1. The fourth-order valence-corrected chi connectivity index (χ4v) is 7.77. The Hall–Kier alpha value is -2.28. The van der Waals surface area contributed by atoms with Crippen molar-refractivity contribution in [2.45, 2.75) is 61.5 Å². The highest BCUT2D eigenvalue weighted by Gasteiger charge is 2.73. The van der Waals surface area contributed by atoms with Crippen LogP contribution in [0.3, 0.4) is 0 Å². The Kier molecular flexibility index (Phi) is 3.84. The number of benzene rings is 2. The minimum atomic E-state index is -0.852. The molecular weight excluding hydrogens is 404 g/mol. The van der Waals surface area contributed by atoms with Gasteiger partial charge in [0, 0.05) is 29.4 Å². The second kappa shape index (κ2) is 6.40. The number of hydrogen-bond acceptors (Lipinski definition) is 6. The smallest absolute Gasteiger partial charge is 0.165 e.